The molecule has 1 aromatic carbocycles. The van der Waals surface area contributed by atoms with E-state index in [2.05, 4.69) is 5.32 Å². The molecule has 2 nitrogen and oxygen atoms in total. The molecule has 0 aliphatic heterocycles. The lowest BCUT2D eigenvalue weighted by Gasteiger charge is -2.05. The van der Waals surface area contributed by atoms with Crippen LogP contribution in [0.25, 0.3) is 0 Å². The minimum atomic E-state index is -1.37. The average Bonchev–Trinajstić information content (AvgIpc) is 2.15. The molecule has 1 aromatic rings. The summed E-state index contributed by atoms with van der Waals surface area (Å²) >= 11 is 5.21. The summed E-state index contributed by atoms with van der Waals surface area (Å²) < 4.78 is 39.0. The molecule has 15 heavy (non-hydrogen) atoms. The Morgan fingerprint density at radius 2 is 2.00 bits per heavy atom. The highest BCUT2D eigenvalue weighted by atomic mass is 35.5. The highest BCUT2D eigenvalue weighted by Crippen LogP contribution is 2.24. The van der Waals surface area contributed by atoms with E-state index in [1.807, 2.05) is 0 Å². The van der Waals surface area contributed by atoms with E-state index in [4.69, 9.17) is 11.6 Å². The Labute approximate surface area is 89.0 Å². The third-order valence-corrected chi connectivity index (χ3v) is 2.08. The quantitative estimate of drug-likeness (QED) is 0.496. The first-order chi connectivity index (χ1) is 6.99. The molecule has 1 N–H and O–H groups in total. The van der Waals surface area contributed by atoms with E-state index in [9.17, 15) is 18.0 Å². The molecular weight excluding hydrogens is 231 g/mol. The van der Waals surface area contributed by atoms with Gasteiger partial charge < -0.3 is 5.32 Å². The molecule has 0 aromatic heterocycles. The van der Waals surface area contributed by atoms with Gasteiger partial charge in [0, 0.05) is 6.07 Å². The number of hydrogen-bond acceptors (Lipinski definition) is 2. The van der Waals surface area contributed by atoms with Crippen LogP contribution in [0.15, 0.2) is 6.07 Å². The minimum absolute atomic E-state index is 0.254. The van der Waals surface area contributed by atoms with Gasteiger partial charge in [-0.25, -0.2) is 13.2 Å². The third kappa shape index (κ3) is 2.30. The van der Waals surface area contributed by atoms with Crippen molar-refractivity contribution in [2.45, 2.75) is 0 Å². The molecule has 0 spiro atoms. The van der Waals surface area contributed by atoms with E-state index in [0.29, 0.717) is 6.07 Å². The Balaban J connectivity index is 3.29. The molecule has 0 amide bonds. The summed E-state index contributed by atoms with van der Waals surface area (Å²) in [5.41, 5.74) is -0.823. The topological polar surface area (TPSA) is 29.1 Å². The van der Waals surface area contributed by atoms with Crippen molar-refractivity contribution in [2.24, 2.45) is 0 Å². The zero-order valence-corrected chi connectivity index (χ0v) is 8.46. The lowest BCUT2D eigenvalue weighted by atomic mass is 10.1. The van der Waals surface area contributed by atoms with Gasteiger partial charge in [0.25, 0.3) is 0 Å². The molecule has 82 valence electrons. The fraction of sp³-hybridized carbons (Fsp3) is 0.222. The van der Waals surface area contributed by atoms with Gasteiger partial charge in [-0.3, -0.25) is 4.79 Å². The summed E-state index contributed by atoms with van der Waals surface area (Å²) in [6.45, 7) is -0.254. The Kier molecular flexibility index (Phi) is 3.71. The molecule has 0 aliphatic rings. The van der Waals surface area contributed by atoms with E-state index in [-0.39, 0.29) is 6.54 Å². The second-order valence-electron chi connectivity index (χ2n) is 2.80. The van der Waals surface area contributed by atoms with Crippen molar-refractivity contribution in [1.82, 2.24) is 5.32 Å². The minimum Gasteiger partial charge on any atom is -0.313 e. The van der Waals surface area contributed by atoms with Crippen LogP contribution in [0, 0.1) is 17.5 Å². The van der Waals surface area contributed by atoms with Crippen LogP contribution >= 0.6 is 11.6 Å². The summed E-state index contributed by atoms with van der Waals surface area (Å²) in [5.74, 6) is -4.67. The van der Waals surface area contributed by atoms with Gasteiger partial charge in [0.1, 0.15) is 16.7 Å². The van der Waals surface area contributed by atoms with Gasteiger partial charge in [0.2, 0.25) is 0 Å². The lowest BCUT2D eigenvalue weighted by molar-refractivity contribution is 0.0985. The van der Waals surface area contributed by atoms with E-state index < -0.39 is 33.8 Å². The van der Waals surface area contributed by atoms with Crippen LogP contribution in [0.1, 0.15) is 10.4 Å². The van der Waals surface area contributed by atoms with E-state index in [1.165, 1.54) is 7.05 Å². The van der Waals surface area contributed by atoms with Gasteiger partial charge in [-0.1, -0.05) is 11.6 Å². The number of Topliss-reactive ketones (excluding diaryl/α,β-unsaturated/α-hetero) is 1. The molecule has 0 saturated carbocycles. The van der Waals surface area contributed by atoms with Crippen molar-refractivity contribution < 1.29 is 18.0 Å². The highest BCUT2D eigenvalue weighted by molar-refractivity contribution is 6.31. The molecular formula is C9H7ClF3NO. The number of rotatable bonds is 3. The molecule has 0 heterocycles. The van der Waals surface area contributed by atoms with Crippen LogP contribution in [0.4, 0.5) is 13.2 Å². The number of carbonyl (C=O) groups excluding carboxylic acids is 1. The van der Waals surface area contributed by atoms with Crippen LogP contribution in [0.2, 0.25) is 5.02 Å². The van der Waals surface area contributed by atoms with E-state index in [1.54, 1.807) is 0 Å². The average molecular weight is 238 g/mol. The van der Waals surface area contributed by atoms with Gasteiger partial charge in [0.15, 0.2) is 11.6 Å². The molecule has 6 heteroatoms. The van der Waals surface area contributed by atoms with Crippen molar-refractivity contribution in [3.8, 4) is 0 Å². The maximum Gasteiger partial charge on any atom is 0.182 e. The van der Waals surface area contributed by atoms with Crippen molar-refractivity contribution in [1.29, 1.82) is 0 Å². The monoisotopic (exact) mass is 237 g/mol. The first kappa shape index (κ1) is 12.0. The number of benzene rings is 1. The van der Waals surface area contributed by atoms with Crippen LogP contribution < -0.4 is 5.32 Å². The molecule has 0 fully saturated rings. The molecule has 0 unspecified atom stereocenters. The Morgan fingerprint density at radius 3 is 2.53 bits per heavy atom. The zero-order chi connectivity index (χ0) is 11.6. The summed E-state index contributed by atoms with van der Waals surface area (Å²) in [4.78, 5) is 11.2. The number of nitrogens with one attached hydrogen (secondary N) is 1. The number of carbonyl (C=O) groups is 1. The van der Waals surface area contributed by atoms with Gasteiger partial charge in [-0.2, -0.15) is 0 Å². The zero-order valence-electron chi connectivity index (χ0n) is 7.70. The highest BCUT2D eigenvalue weighted by Gasteiger charge is 2.22. The van der Waals surface area contributed by atoms with Crippen molar-refractivity contribution >= 4 is 17.4 Å². The van der Waals surface area contributed by atoms with E-state index in [0.717, 1.165) is 0 Å². The fourth-order valence-electron chi connectivity index (χ4n) is 1.07. The normalized spacial score (nSPS) is 10.5. The van der Waals surface area contributed by atoms with Crippen LogP contribution in [0.3, 0.4) is 0 Å². The predicted molar refractivity (Wildman–Crippen MR) is 49.6 cm³/mol. The molecule has 0 saturated heterocycles. The van der Waals surface area contributed by atoms with Crippen molar-refractivity contribution in [2.75, 3.05) is 13.6 Å². The van der Waals surface area contributed by atoms with Crippen molar-refractivity contribution in [3.63, 3.8) is 0 Å². The molecule has 0 atom stereocenters. The fourth-order valence-corrected chi connectivity index (χ4v) is 1.22. The summed E-state index contributed by atoms with van der Waals surface area (Å²) in [6, 6.07) is 0.383. The maximum atomic E-state index is 13.2. The van der Waals surface area contributed by atoms with E-state index >= 15 is 0 Å². The smallest absolute Gasteiger partial charge is 0.182 e. The summed E-state index contributed by atoms with van der Waals surface area (Å²) in [7, 11) is 1.44. The number of ketones is 1. The summed E-state index contributed by atoms with van der Waals surface area (Å²) in [5, 5.41) is 1.56. The number of halogens is 4. The largest absolute Gasteiger partial charge is 0.313 e. The van der Waals surface area contributed by atoms with Crippen LogP contribution in [-0.4, -0.2) is 19.4 Å². The molecule has 0 radical (unpaired) electrons. The van der Waals surface area contributed by atoms with Gasteiger partial charge >= 0.3 is 0 Å². The standard InChI is InChI=1S/C9H7ClF3NO/c1-14-3-6(15)7-4(11)2-5(12)8(10)9(7)13/h2,14H,3H2,1H3. The maximum absolute atomic E-state index is 13.2. The van der Waals surface area contributed by atoms with Crippen LogP contribution in [0.5, 0.6) is 0 Å². The third-order valence-electron chi connectivity index (χ3n) is 1.73. The number of likely N-dealkylation sites (N-methyl/N-ethyl adjacent to an activating group) is 1. The first-order valence-electron chi connectivity index (χ1n) is 3.99. The predicted octanol–water partition coefficient (Wildman–Crippen LogP) is 2.16. The second kappa shape index (κ2) is 4.63. The Morgan fingerprint density at radius 1 is 1.40 bits per heavy atom. The van der Waals surface area contributed by atoms with Gasteiger partial charge in [0.05, 0.1) is 12.1 Å². The van der Waals surface area contributed by atoms with Crippen LogP contribution in [-0.2, 0) is 0 Å². The SMILES string of the molecule is CNCC(=O)c1c(F)cc(F)c(Cl)c1F. The van der Waals surface area contributed by atoms with Crippen molar-refractivity contribution in [3.05, 3.63) is 34.1 Å². The number of hydrogen-bond donors (Lipinski definition) is 1. The van der Waals surface area contributed by atoms with Gasteiger partial charge in [-0.05, 0) is 7.05 Å². The molecule has 0 bridgehead atoms. The molecule has 1 rings (SSSR count). The first-order valence-corrected chi connectivity index (χ1v) is 4.37. The lowest BCUT2D eigenvalue weighted by Crippen LogP contribution is -2.21. The molecule has 0 aliphatic carbocycles. The Bertz CT molecular complexity index is 409. The summed E-state index contributed by atoms with van der Waals surface area (Å²) in [6.07, 6.45) is 0. The Hall–Kier alpha value is -1.07. The van der Waals surface area contributed by atoms with Gasteiger partial charge in [-0.15, -0.1) is 0 Å². The second-order valence-corrected chi connectivity index (χ2v) is 3.17.